The Kier molecular flexibility index (Phi) is 8.30. The average Bonchev–Trinajstić information content (AvgIpc) is 2.41. The Bertz CT molecular complexity index is 505. The number of hydrogen-bond acceptors (Lipinski definition) is 3. The van der Waals surface area contributed by atoms with Crippen LogP contribution in [0.3, 0.4) is 0 Å². The molecule has 0 bridgehead atoms. The summed E-state index contributed by atoms with van der Waals surface area (Å²) < 4.78 is 40.0. The molecule has 120 valence electrons. The van der Waals surface area contributed by atoms with Crippen molar-refractivity contribution in [1.29, 1.82) is 0 Å². The maximum Gasteiger partial charge on any atom is 0.209 e. The molecule has 6 heteroatoms. The molecule has 0 amide bonds. The Hall–Kier alpha value is -1.14. The summed E-state index contributed by atoms with van der Waals surface area (Å²) in [6.07, 6.45) is 6.62. The van der Waals surface area contributed by atoms with Crippen molar-refractivity contribution in [3.8, 4) is 5.75 Å². The molecule has 2 N–H and O–H groups in total. The maximum atomic E-state index is 13.2. The van der Waals surface area contributed by atoms with Gasteiger partial charge in [0, 0.05) is 0 Å². The molecule has 0 spiro atoms. The van der Waals surface area contributed by atoms with E-state index in [1.807, 2.05) is 0 Å². The lowest BCUT2D eigenvalue weighted by Gasteiger charge is -2.06. The smallest absolute Gasteiger partial charge is 0.209 e. The molecule has 21 heavy (non-hydrogen) atoms. The molecule has 0 heterocycles. The van der Waals surface area contributed by atoms with E-state index in [-0.39, 0.29) is 11.6 Å². The fourth-order valence-electron chi connectivity index (χ4n) is 2.03. The van der Waals surface area contributed by atoms with Crippen LogP contribution in [0.5, 0.6) is 5.75 Å². The minimum atomic E-state index is -3.31. The van der Waals surface area contributed by atoms with Gasteiger partial charge in [-0.25, -0.2) is 17.9 Å². The van der Waals surface area contributed by atoms with Gasteiger partial charge in [0.05, 0.1) is 12.4 Å². The fourth-order valence-corrected chi connectivity index (χ4v) is 2.64. The molecule has 0 atom stereocenters. The molecule has 0 unspecified atom stereocenters. The molecule has 0 aliphatic carbocycles. The number of benzene rings is 1. The second kappa shape index (κ2) is 9.73. The highest BCUT2D eigenvalue weighted by Crippen LogP contribution is 2.16. The van der Waals surface area contributed by atoms with Gasteiger partial charge in [0.1, 0.15) is 0 Å². The molecule has 4 nitrogen and oxygen atoms in total. The van der Waals surface area contributed by atoms with Crippen molar-refractivity contribution < 1.29 is 17.5 Å². The molecule has 1 aromatic rings. The largest absolute Gasteiger partial charge is 0.491 e. The zero-order valence-electron chi connectivity index (χ0n) is 12.3. The first-order chi connectivity index (χ1) is 9.99. The Morgan fingerprint density at radius 1 is 0.952 bits per heavy atom. The van der Waals surface area contributed by atoms with E-state index in [0.29, 0.717) is 18.8 Å². The molecule has 0 aliphatic rings. The third-order valence-corrected chi connectivity index (χ3v) is 4.03. The first-order valence-corrected chi connectivity index (χ1v) is 9.08. The van der Waals surface area contributed by atoms with Crippen molar-refractivity contribution in [2.24, 2.45) is 5.14 Å². The predicted octanol–water partition coefficient (Wildman–Crippen LogP) is 3.22. The van der Waals surface area contributed by atoms with E-state index in [2.05, 4.69) is 0 Å². The molecular formula is C15H24FNO3S. The van der Waals surface area contributed by atoms with Gasteiger partial charge in [-0.3, -0.25) is 0 Å². The number of primary sulfonamides is 1. The van der Waals surface area contributed by atoms with Crippen molar-refractivity contribution >= 4 is 10.0 Å². The molecule has 0 aromatic heterocycles. The van der Waals surface area contributed by atoms with E-state index < -0.39 is 10.0 Å². The lowest BCUT2D eigenvalue weighted by Crippen LogP contribution is -2.16. The fraction of sp³-hybridized carbons (Fsp3) is 0.600. The predicted molar refractivity (Wildman–Crippen MR) is 82.2 cm³/mol. The minimum Gasteiger partial charge on any atom is -0.491 e. The number of sulfonamides is 1. The number of para-hydroxylation sites is 1. The molecule has 0 aliphatic heterocycles. The number of unbranched alkanes of at least 4 members (excludes halogenated alkanes) is 6. The van der Waals surface area contributed by atoms with Crippen molar-refractivity contribution in [3.05, 3.63) is 30.1 Å². The van der Waals surface area contributed by atoms with E-state index >= 15 is 0 Å². The van der Waals surface area contributed by atoms with Crippen LogP contribution >= 0.6 is 0 Å². The topological polar surface area (TPSA) is 69.4 Å². The van der Waals surface area contributed by atoms with Crippen LogP contribution in [0.4, 0.5) is 4.39 Å². The van der Waals surface area contributed by atoms with E-state index in [1.165, 1.54) is 6.07 Å². The Balaban J connectivity index is 1.92. The third kappa shape index (κ3) is 9.42. The van der Waals surface area contributed by atoms with Gasteiger partial charge in [-0.2, -0.15) is 0 Å². The number of halogens is 1. The quantitative estimate of drug-likeness (QED) is 0.637. The number of ether oxygens (including phenoxy) is 1. The minimum absolute atomic E-state index is 0.0729. The SMILES string of the molecule is NS(=O)(=O)CCCCCCCCCOc1ccccc1F. The monoisotopic (exact) mass is 317 g/mol. The average molecular weight is 317 g/mol. The summed E-state index contributed by atoms with van der Waals surface area (Å²) in [6, 6.07) is 6.40. The van der Waals surface area contributed by atoms with E-state index in [1.54, 1.807) is 18.2 Å². The molecule has 1 aromatic carbocycles. The second-order valence-electron chi connectivity index (χ2n) is 5.12. The summed E-state index contributed by atoms with van der Waals surface area (Å²) in [5.41, 5.74) is 0. The van der Waals surface area contributed by atoms with Gasteiger partial charge in [0.15, 0.2) is 11.6 Å². The number of rotatable bonds is 11. The van der Waals surface area contributed by atoms with Gasteiger partial charge in [-0.15, -0.1) is 0 Å². The Morgan fingerprint density at radius 2 is 1.52 bits per heavy atom. The highest BCUT2D eigenvalue weighted by atomic mass is 32.2. The Labute approximate surface area is 126 Å². The van der Waals surface area contributed by atoms with E-state index in [4.69, 9.17) is 9.88 Å². The van der Waals surface area contributed by atoms with Crippen LogP contribution < -0.4 is 9.88 Å². The number of hydrogen-bond donors (Lipinski definition) is 1. The van der Waals surface area contributed by atoms with Crippen molar-refractivity contribution in [3.63, 3.8) is 0 Å². The normalized spacial score (nSPS) is 11.5. The van der Waals surface area contributed by atoms with E-state index in [9.17, 15) is 12.8 Å². The van der Waals surface area contributed by atoms with Crippen molar-refractivity contribution in [1.82, 2.24) is 0 Å². The van der Waals surface area contributed by atoms with Crippen LogP contribution in [0.25, 0.3) is 0 Å². The lowest BCUT2D eigenvalue weighted by molar-refractivity contribution is 0.290. The molecule has 0 fully saturated rings. The molecule has 0 saturated heterocycles. The summed E-state index contributed by atoms with van der Waals surface area (Å²) in [6.45, 7) is 0.520. The highest BCUT2D eigenvalue weighted by Gasteiger charge is 2.02. The van der Waals surface area contributed by atoms with Crippen LogP contribution in [-0.2, 0) is 10.0 Å². The van der Waals surface area contributed by atoms with E-state index in [0.717, 1.165) is 38.5 Å². The summed E-state index contributed by atoms with van der Waals surface area (Å²) in [7, 11) is -3.31. The summed E-state index contributed by atoms with van der Waals surface area (Å²) in [5.74, 6) is 0.0524. The standard InChI is InChI=1S/C15H24FNO3S/c16-14-10-6-7-11-15(14)20-12-8-4-2-1-3-5-9-13-21(17,18)19/h6-7,10-11H,1-5,8-9,12-13H2,(H2,17,18,19). The van der Waals surface area contributed by atoms with Gasteiger partial charge < -0.3 is 4.74 Å². The van der Waals surface area contributed by atoms with Gasteiger partial charge in [-0.1, -0.05) is 44.2 Å². The van der Waals surface area contributed by atoms with Crippen molar-refractivity contribution in [2.45, 2.75) is 44.9 Å². The summed E-state index contributed by atoms with van der Waals surface area (Å²) >= 11 is 0. The Morgan fingerprint density at radius 3 is 2.14 bits per heavy atom. The van der Waals surface area contributed by atoms with Gasteiger partial charge >= 0.3 is 0 Å². The van der Waals surface area contributed by atoms with Crippen LogP contribution in [0.2, 0.25) is 0 Å². The molecule has 1 rings (SSSR count). The van der Waals surface area contributed by atoms with Crippen LogP contribution in [0.15, 0.2) is 24.3 Å². The van der Waals surface area contributed by atoms with Gasteiger partial charge in [0.2, 0.25) is 10.0 Å². The van der Waals surface area contributed by atoms with Gasteiger partial charge in [0.25, 0.3) is 0 Å². The second-order valence-corrected chi connectivity index (χ2v) is 6.85. The van der Waals surface area contributed by atoms with Crippen molar-refractivity contribution in [2.75, 3.05) is 12.4 Å². The molecule has 0 saturated carbocycles. The van der Waals surface area contributed by atoms with Crippen LogP contribution in [-0.4, -0.2) is 20.8 Å². The van der Waals surface area contributed by atoms with Crippen LogP contribution in [0.1, 0.15) is 44.9 Å². The highest BCUT2D eigenvalue weighted by molar-refractivity contribution is 7.89. The zero-order chi connectivity index (χ0) is 15.6. The third-order valence-electron chi connectivity index (χ3n) is 3.17. The first-order valence-electron chi connectivity index (χ1n) is 7.37. The summed E-state index contributed by atoms with van der Waals surface area (Å²) in [5, 5.41) is 4.92. The zero-order valence-corrected chi connectivity index (χ0v) is 13.1. The molecule has 0 radical (unpaired) electrons. The summed E-state index contributed by atoms with van der Waals surface area (Å²) in [4.78, 5) is 0. The molecular weight excluding hydrogens is 293 g/mol. The maximum absolute atomic E-state index is 13.2. The van der Waals surface area contributed by atoms with Gasteiger partial charge in [-0.05, 0) is 25.0 Å². The number of nitrogens with two attached hydrogens (primary N) is 1. The first kappa shape index (κ1) is 17.9. The van der Waals surface area contributed by atoms with Crippen LogP contribution in [0, 0.1) is 5.82 Å². The lowest BCUT2D eigenvalue weighted by atomic mass is 10.1.